The monoisotopic (exact) mass is 1590 g/mol. The maximum absolute atomic E-state index is 11.0. The Hall–Kier alpha value is -9.96. The summed E-state index contributed by atoms with van der Waals surface area (Å²) in [5.74, 6) is 5.25. The van der Waals surface area contributed by atoms with Gasteiger partial charge in [-0.25, -0.2) is 0 Å². The molecule has 0 aromatic heterocycles. The molecular weight excluding hydrogens is 1480 g/mol. The molecule has 22 nitrogen and oxygen atoms in total. The molecule has 12 rings (SSSR count). The molecule has 10 aromatic carbocycles. The summed E-state index contributed by atoms with van der Waals surface area (Å²) in [5, 5.41) is 22.0. The highest BCUT2D eigenvalue weighted by molar-refractivity contribution is 5.27. The minimum absolute atomic E-state index is 0.0266. The highest BCUT2D eigenvalue weighted by Gasteiger charge is 2.49. The second-order valence-electron chi connectivity index (χ2n) is 27.8. The standard InChI is InChI=1S/C94H106O22/c95-73(51-97-75-35-15-3-16-36-75)53-99-83(55-101-77-39-19-5-20-40-77)61-107-85(57-103-79-43-23-7-24-44-79)63-109-87(59-105-81-47-27-9-28-48-81)65-111-89(71-31-11-1-12-32-71)67-113-91-69-115-94-92(70-116-93(91)94)114-68-90(72-33-13-2-14-34-72)112-66-88(60-106-82-49-29-10-30-50-82)110-64-86(58-104-80-45-25-8-26-46-80)108-62-84(56-102-78-41-21-6-22-42-78)100-54-74(96)52-98-76-37-17-4-18-38-76/h1-50,73-74,83-96H,51-70H2. The van der Waals surface area contributed by atoms with Gasteiger partial charge in [-0.15, -0.1) is 0 Å². The minimum Gasteiger partial charge on any atom is -0.491 e. The van der Waals surface area contributed by atoms with Crippen LogP contribution >= 0.6 is 0 Å². The van der Waals surface area contributed by atoms with E-state index >= 15 is 0 Å². The second kappa shape index (κ2) is 49.2. The quantitative estimate of drug-likeness (QED) is 0.0361. The van der Waals surface area contributed by atoms with Crippen molar-refractivity contribution in [3.63, 3.8) is 0 Å². The largest absolute Gasteiger partial charge is 0.491 e. The van der Waals surface area contributed by atoms with E-state index in [0.717, 1.165) is 11.1 Å². The summed E-state index contributed by atoms with van der Waals surface area (Å²) in [4.78, 5) is 0. The lowest BCUT2D eigenvalue weighted by Gasteiger charge is -2.27. The Morgan fingerprint density at radius 1 is 0.216 bits per heavy atom. The van der Waals surface area contributed by atoms with Crippen LogP contribution < -0.4 is 37.9 Å². The van der Waals surface area contributed by atoms with Gasteiger partial charge in [-0.05, 0) is 108 Å². The van der Waals surface area contributed by atoms with Gasteiger partial charge in [0.2, 0.25) is 0 Å². The van der Waals surface area contributed by atoms with Gasteiger partial charge in [-0.3, -0.25) is 0 Å². The average molecular weight is 1590 g/mol. The fraction of sp³-hybridized carbons (Fsp3) is 0.362. The Kier molecular flexibility index (Phi) is 36.2. The SMILES string of the molecule is OC(COc1ccccc1)COC(COc1ccccc1)COC(COc1ccccc1)COC(COc1ccccc1)COC(COC1COC2C(OCC(OCC(COc3ccccc3)OCC(COc3ccccc3)OCC(COc3ccccc3)OCC(O)COc3ccccc3)c3ccccc3)COC12)c1ccccc1. The van der Waals surface area contributed by atoms with Gasteiger partial charge in [0.05, 0.1) is 79.3 Å². The third kappa shape index (κ3) is 30.6. The highest BCUT2D eigenvalue weighted by atomic mass is 16.7. The van der Waals surface area contributed by atoms with Crippen LogP contribution in [0.4, 0.5) is 0 Å². The Morgan fingerprint density at radius 2 is 0.405 bits per heavy atom. The molecule has 0 aliphatic carbocycles. The fourth-order valence-corrected chi connectivity index (χ4v) is 12.5. The van der Waals surface area contributed by atoms with Gasteiger partial charge in [-0.2, -0.15) is 0 Å². The predicted molar refractivity (Wildman–Crippen MR) is 435 cm³/mol. The van der Waals surface area contributed by atoms with E-state index in [9.17, 15) is 10.2 Å². The molecule has 614 valence electrons. The van der Waals surface area contributed by atoms with Crippen LogP contribution in [-0.2, 0) is 56.8 Å². The van der Waals surface area contributed by atoms with Gasteiger partial charge >= 0.3 is 0 Å². The second-order valence-corrected chi connectivity index (χ2v) is 27.8. The molecule has 2 saturated heterocycles. The molecule has 2 aliphatic heterocycles. The normalized spacial score (nSPS) is 17.7. The van der Waals surface area contributed by atoms with Crippen LogP contribution in [0.1, 0.15) is 23.3 Å². The number of benzene rings is 10. The third-order valence-corrected chi connectivity index (χ3v) is 18.8. The first kappa shape index (κ1) is 85.4. The van der Waals surface area contributed by atoms with E-state index < -0.39 is 85.5 Å². The van der Waals surface area contributed by atoms with Crippen molar-refractivity contribution in [3.05, 3.63) is 314 Å². The van der Waals surface area contributed by atoms with Crippen molar-refractivity contribution in [3.8, 4) is 46.0 Å². The zero-order valence-electron chi connectivity index (χ0n) is 65.2. The lowest BCUT2D eigenvalue weighted by molar-refractivity contribution is -0.133. The molecule has 0 bridgehead atoms. The average Bonchev–Trinajstić information content (AvgIpc) is 1.65. The lowest BCUT2D eigenvalue weighted by Crippen LogP contribution is -2.38. The Morgan fingerprint density at radius 3 is 0.629 bits per heavy atom. The van der Waals surface area contributed by atoms with Crippen LogP contribution in [-0.4, -0.2) is 216 Å². The number of aliphatic hydroxyl groups excluding tert-OH is 2. The van der Waals surface area contributed by atoms with Crippen LogP contribution in [0.5, 0.6) is 46.0 Å². The van der Waals surface area contributed by atoms with Crippen LogP contribution in [0, 0.1) is 0 Å². The Balaban J connectivity index is 0.673. The zero-order chi connectivity index (χ0) is 79.5. The van der Waals surface area contributed by atoms with Crippen molar-refractivity contribution in [2.24, 2.45) is 0 Å². The summed E-state index contributed by atoms with van der Waals surface area (Å²) in [6.07, 6.45) is -8.49. The van der Waals surface area contributed by atoms with Crippen molar-refractivity contribution in [2.75, 3.05) is 132 Å². The number of aliphatic hydroxyl groups is 2. The lowest BCUT2D eigenvalue weighted by atomic mass is 10.1. The first-order valence-electron chi connectivity index (χ1n) is 39.6. The molecule has 2 heterocycles. The first-order valence-corrected chi connectivity index (χ1v) is 39.6. The molecule has 14 unspecified atom stereocenters. The van der Waals surface area contributed by atoms with Gasteiger partial charge in [-0.1, -0.05) is 206 Å². The van der Waals surface area contributed by atoms with Gasteiger partial charge in [0.1, 0.15) is 184 Å². The molecular formula is C94H106O22. The van der Waals surface area contributed by atoms with Crippen LogP contribution in [0.3, 0.4) is 0 Å². The topological polar surface area (TPSA) is 225 Å². The van der Waals surface area contributed by atoms with E-state index in [1.807, 2.05) is 303 Å². The van der Waals surface area contributed by atoms with E-state index in [1.165, 1.54) is 0 Å². The maximum atomic E-state index is 11.0. The van der Waals surface area contributed by atoms with Crippen molar-refractivity contribution in [1.29, 1.82) is 0 Å². The number of hydrogen-bond donors (Lipinski definition) is 2. The molecule has 0 radical (unpaired) electrons. The maximum Gasteiger partial charge on any atom is 0.119 e. The summed E-state index contributed by atoms with van der Waals surface area (Å²) in [6, 6.07) is 95.5. The molecule has 0 saturated carbocycles. The van der Waals surface area contributed by atoms with Crippen molar-refractivity contribution in [1.82, 2.24) is 0 Å². The molecule has 10 aromatic rings. The third-order valence-electron chi connectivity index (χ3n) is 18.8. The number of rotatable bonds is 56. The van der Waals surface area contributed by atoms with Crippen LogP contribution in [0.15, 0.2) is 303 Å². The fourth-order valence-electron chi connectivity index (χ4n) is 12.5. The summed E-state index contributed by atoms with van der Waals surface area (Å²) in [6.45, 7) is 2.05. The predicted octanol–water partition coefficient (Wildman–Crippen LogP) is 13.7. The minimum atomic E-state index is -0.935. The molecule has 2 N–H and O–H groups in total. The molecule has 2 aliphatic rings. The molecule has 14 atom stereocenters. The number of para-hydroxylation sites is 8. The van der Waals surface area contributed by atoms with Gasteiger partial charge < -0.3 is 105 Å². The van der Waals surface area contributed by atoms with E-state index in [4.69, 9.17) is 94.7 Å². The Labute approximate surface area is 679 Å². The molecule has 116 heavy (non-hydrogen) atoms. The summed E-state index contributed by atoms with van der Waals surface area (Å²) >= 11 is 0. The number of ether oxygens (including phenoxy) is 20. The molecule has 0 amide bonds. The van der Waals surface area contributed by atoms with Gasteiger partial charge in [0, 0.05) is 0 Å². The van der Waals surface area contributed by atoms with E-state index in [1.54, 1.807) is 0 Å². The zero-order valence-corrected chi connectivity index (χ0v) is 65.2. The van der Waals surface area contributed by atoms with E-state index in [0.29, 0.717) is 46.0 Å². The molecule has 22 heteroatoms. The molecule has 2 fully saturated rings. The first-order chi connectivity index (χ1) is 57.3. The summed E-state index contributed by atoms with van der Waals surface area (Å²) < 4.78 is 129. The van der Waals surface area contributed by atoms with Gasteiger partial charge in [0.15, 0.2) is 0 Å². The van der Waals surface area contributed by atoms with Crippen molar-refractivity contribution in [2.45, 2.75) is 85.5 Å². The molecule has 0 spiro atoms. The number of fused-ring (bicyclic) bond motifs is 1. The highest BCUT2D eigenvalue weighted by Crippen LogP contribution is 2.34. The summed E-state index contributed by atoms with van der Waals surface area (Å²) in [7, 11) is 0. The van der Waals surface area contributed by atoms with Crippen LogP contribution in [0.2, 0.25) is 0 Å². The van der Waals surface area contributed by atoms with Gasteiger partial charge in [0.25, 0.3) is 0 Å². The van der Waals surface area contributed by atoms with E-state index in [2.05, 4.69) is 0 Å². The van der Waals surface area contributed by atoms with Crippen molar-refractivity contribution >= 4 is 0 Å². The van der Waals surface area contributed by atoms with E-state index in [-0.39, 0.29) is 132 Å². The summed E-state index contributed by atoms with van der Waals surface area (Å²) in [5.41, 5.74) is 1.79. The van der Waals surface area contributed by atoms with Crippen molar-refractivity contribution < 1.29 is 105 Å². The number of hydrogen-bond acceptors (Lipinski definition) is 22. The Bertz CT molecular complexity index is 3880. The van der Waals surface area contributed by atoms with Crippen LogP contribution in [0.25, 0.3) is 0 Å². The smallest absolute Gasteiger partial charge is 0.119 e.